The van der Waals surface area contributed by atoms with Crippen molar-refractivity contribution >= 4 is 17.2 Å². The lowest BCUT2D eigenvalue weighted by Gasteiger charge is -2.08. The standard InChI is InChI=1S/C17H19N3O/c1-3-13(2)20-9-7-16(18-20)11-19-8-6-15-5-4-14(12-21)10-17(15)19/h4-10,12-13H,3,11H2,1-2H3. The number of nitrogens with zero attached hydrogens (tertiary/aromatic N) is 3. The predicted octanol–water partition coefficient (Wildman–Crippen LogP) is 3.67. The first kappa shape index (κ1) is 13.6. The second-order valence-corrected chi connectivity index (χ2v) is 5.42. The fourth-order valence-electron chi connectivity index (χ4n) is 2.48. The van der Waals surface area contributed by atoms with Gasteiger partial charge in [0.25, 0.3) is 0 Å². The van der Waals surface area contributed by atoms with E-state index in [2.05, 4.69) is 35.6 Å². The number of aldehydes is 1. The Kier molecular flexibility index (Phi) is 3.60. The van der Waals surface area contributed by atoms with Crippen LogP contribution in [0.5, 0.6) is 0 Å². The summed E-state index contributed by atoms with van der Waals surface area (Å²) in [6.45, 7) is 5.04. The summed E-state index contributed by atoms with van der Waals surface area (Å²) in [5.41, 5.74) is 2.80. The molecule has 0 fully saturated rings. The Morgan fingerprint density at radius 2 is 2.10 bits per heavy atom. The number of aromatic nitrogens is 3. The molecule has 0 saturated heterocycles. The van der Waals surface area contributed by atoms with Gasteiger partial charge < -0.3 is 4.57 Å². The van der Waals surface area contributed by atoms with Crippen molar-refractivity contribution in [3.63, 3.8) is 0 Å². The number of hydrogen-bond acceptors (Lipinski definition) is 2. The molecule has 0 aliphatic rings. The first-order valence-corrected chi connectivity index (χ1v) is 7.29. The molecule has 0 spiro atoms. The Hall–Kier alpha value is -2.36. The van der Waals surface area contributed by atoms with E-state index in [9.17, 15) is 4.79 Å². The predicted molar refractivity (Wildman–Crippen MR) is 83.7 cm³/mol. The minimum Gasteiger partial charge on any atom is -0.341 e. The molecule has 4 heteroatoms. The van der Waals surface area contributed by atoms with Crippen molar-refractivity contribution < 1.29 is 4.79 Å². The van der Waals surface area contributed by atoms with E-state index in [0.717, 1.165) is 35.8 Å². The molecule has 0 N–H and O–H groups in total. The number of fused-ring (bicyclic) bond motifs is 1. The van der Waals surface area contributed by atoms with Crippen LogP contribution < -0.4 is 0 Å². The van der Waals surface area contributed by atoms with E-state index in [1.807, 2.05) is 35.3 Å². The molecule has 108 valence electrons. The van der Waals surface area contributed by atoms with E-state index < -0.39 is 0 Å². The third-order valence-corrected chi connectivity index (χ3v) is 3.97. The maximum absolute atomic E-state index is 10.9. The van der Waals surface area contributed by atoms with Crippen molar-refractivity contribution in [2.24, 2.45) is 0 Å². The van der Waals surface area contributed by atoms with Crippen LogP contribution in [0.2, 0.25) is 0 Å². The van der Waals surface area contributed by atoms with Gasteiger partial charge in [-0.2, -0.15) is 5.10 Å². The molecule has 2 heterocycles. The van der Waals surface area contributed by atoms with Gasteiger partial charge in [-0.05, 0) is 36.9 Å². The number of rotatable bonds is 5. The van der Waals surface area contributed by atoms with Crippen LogP contribution in [-0.4, -0.2) is 20.6 Å². The van der Waals surface area contributed by atoms with Crippen molar-refractivity contribution in [2.45, 2.75) is 32.9 Å². The molecule has 1 unspecified atom stereocenters. The number of carbonyl (C=O) groups is 1. The van der Waals surface area contributed by atoms with Crippen molar-refractivity contribution in [2.75, 3.05) is 0 Å². The van der Waals surface area contributed by atoms with E-state index >= 15 is 0 Å². The largest absolute Gasteiger partial charge is 0.341 e. The highest BCUT2D eigenvalue weighted by Gasteiger charge is 2.07. The molecular weight excluding hydrogens is 262 g/mol. The van der Waals surface area contributed by atoms with Gasteiger partial charge in [-0.15, -0.1) is 0 Å². The van der Waals surface area contributed by atoms with Crippen molar-refractivity contribution in [3.05, 3.63) is 54.0 Å². The normalized spacial score (nSPS) is 12.7. The van der Waals surface area contributed by atoms with Crippen molar-refractivity contribution in [1.82, 2.24) is 14.3 Å². The molecule has 1 aromatic carbocycles. The van der Waals surface area contributed by atoms with Gasteiger partial charge in [-0.3, -0.25) is 9.48 Å². The third kappa shape index (κ3) is 2.61. The highest BCUT2D eigenvalue weighted by Crippen LogP contribution is 2.18. The fourth-order valence-corrected chi connectivity index (χ4v) is 2.48. The first-order chi connectivity index (χ1) is 10.2. The minimum absolute atomic E-state index is 0.418. The summed E-state index contributed by atoms with van der Waals surface area (Å²) in [6.07, 6.45) is 6.03. The van der Waals surface area contributed by atoms with Gasteiger partial charge >= 0.3 is 0 Å². The summed E-state index contributed by atoms with van der Waals surface area (Å²) in [5.74, 6) is 0. The highest BCUT2D eigenvalue weighted by atomic mass is 16.1. The van der Waals surface area contributed by atoms with Crippen molar-refractivity contribution in [3.8, 4) is 0 Å². The summed E-state index contributed by atoms with van der Waals surface area (Å²) < 4.78 is 4.14. The Bertz CT molecular complexity index is 769. The van der Waals surface area contributed by atoms with E-state index in [0.29, 0.717) is 11.6 Å². The Morgan fingerprint density at radius 3 is 2.86 bits per heavy atom. The molecule has 1 atom stereocenters. The number of benzene rings is 1. The molecule has 0 amide bonds. The summed E-state index contributed by atoms with van der Waals surface area (Å²) in [7, 11) is 0. The Labute approximate surface area is 124 Å². The van der Waals surface area contributed by atoms with Gasteiger partial charge in [0.15, 0.2) is 0 Å². The van der Waals surface area contributed by atoms with Crippen LogP contribution in [0.25, 0.3) is 10.9 Å². The monoisotopic (exact) mass is 281 g/mol. The third-order valence-electron chi connectivity index (χ3n) is 3.97. The second kappa shape index (κ2) is 5.56. The van der Waals surface area contributed by atoms with E-state index in [1.165, 1.54) is 0 Å². The van der Waals surface area contributed by atoms with Gasteiger partial charge in [0.2, 0.25) is 0 Å². The molecule has 21 heavy (non-hydrogen) atoms. The molecule has 0 bridgehead atoms. The Morgan fingerprint density at radius 1 is 1.24 bits per heavy atom. The minimum atomic E-state index is 0.418. The quantitative estimate of drug-likeness (QED) is 0.669. The molecule has 0 saturated carbocycles. The summed E-state index contributed by atoms with van der Waals surface area (Å²) in [6, 6.07) is 10.3. The molecule has 0 aliphatic carbocycles. The summed E-state index contributed by atoms with van der Waals surface area (Å²) in [5, 5.41) is 5.77. The smallest absolute Gasteiger partial charge is 0.150 e. The molecule has 4 nitrogen and oxygen atoms in total. The summed E-state index contributed by atoms with van der Waals surface area (Å²) >= 11 is 0. The van der Waals surface area contributed by atoms with E-state index in [4.69, 9.17) is 0 Å². The zero-order valence-corrected chi connectivity index (χ0v) is 12.4. The zero-order chi connectivity index (χ0) is 14.8. The van der Waals surface area contributed by atoms with Gasteiger partial charge in [-0.25, -0.2) is 0 Å². The molecule has 2 aromatic heterocycles. The van der Waals surface area contributed by atoms with Crippen LogP contribution in [0, 0.1) is 0 Å². The molecule has 3 aromatic rings. The van der Waals surface area contributed by atoms with E-state index in [1.54, 1.807) is 0 Å². The SMILES string of the molecule is CCC(C)n1ccc(Cn2ccc3ccc(C=O)cc32)n1. The van der Waals surface area contributed by atoms with Gasteiger partial charge in [0, 0.05) is 29.5 Å². The van der Waals surface area contributed by atoms with Crippen LogP contribution >= 0.6 is 0 Å². The molecule has 3 rings (SSSR count). The van der Waals surface area contributed by atoms with Crippen LogP contribution in [0.3, 0.4) is 0 Å². The van der Waals surface area contributed by atoms with Crippen LogP contribution in [0.4, 0.5) is 0 Å². The van der Waals surface area contributed by atoms with Crippen molar-refractivity contribution in [1.29, 1.82) is 0 Å². The lowest BCUT2D eigenvalue weighted by molar-refractivity contribution is 0.112. The second-order valence-electron chi connectivity index (χ2n) is 5.42. The van der Waals surface area contributed by atoms with Gasteiger partial charge in [0.05, 0.1) is 12.2 Å². The lowest BCUT2D eigenvalue weighted by atomic mass is 10.2. The van der Waals surface area contributed by atoms with E-state index in [-0.39, 0.29) is 0 Å². The topological polar surface area (TPSA) is 39.8 Å². The van der Waals surface area contributed by atoms with Gasteiger partial charge in [0.1, 0.15) is 6.29 Å². The summed E-state index contributed by atoms with van der Waals surface area (Å²) in [4.78, 5) is 10.9. The maximum Gasteiger partial charge on any atom is 0.150 e. The highest BCUT2D eigenvalue weighted by molar-refractivity contribution is 5.87. The maximum atomic E-state index is 10.9. The zero-order valence-electron chi connectivity index (χ0n) is 12.4. The fraction of sp³-hybridized carbons (Fsp3) is 0.294. The van der Waals surface area contributed by atoms with Gasteiger partial charge in [-0.1, -0.05) is 19.1 Å². The van der Waals surface area contributed by atoms with Crippen LogP contribution in [-0.2, 0) is 6.54 Å². The van der Waals surface area contributed by atoms with Crippen LogP contribution in [0.1, 0.15) is 42.4 Å². The molecule has 0 aliphatic heterocycles. The van der Waals surface area contributed by atoms with Crippen LogP contribution in [0.15, 0.2) is 42.7 Å². The number of carbonyl (C=O) groups excluding carboxylic acids is 1. The average molecular weight is 281 g/mol. The molecular formula is C17H19N3O. The Balaban J connectivity index is 1.90. The number of hydrogen-bond donors (Lipinski definition) is 0. The lowest BCUT2D eigenvalue weighted by Crippen LogP contribution is -2.06. The average Bonchev–Trinajstić information content (AvgIpc) is 3.14. The first-order valence-electron chi connectivity index (χ1n) is 7.29. The molecule has 0 radical (unpaired) electrons.